The fraction of sp³-hybridized carbons (Fsp3) is 0.167. The monoisotopic (exact) mass is 232 g/mol. The molecule has 1 aromatic carbocycles. The molecule has 82 valence electrons. The number of carbonyl (C=O) groups excluding carboxylic acids is 1. The normalized spacial score (nSPS) is 11.8. The Morgan fingerprint density at radius 3 is 2.75 bits per heavy atom. The molecular formula is C12H12N2OS. The number of benzene rings is 1. The fourth-order valence-electron chi connectivity index (χ4n) is 1.41. The van der Waals surface area contributed by atoms with Crippen molar-refractivity contribution in [3.05, 3.63) is 35.5 Å². The van der Waals surface area contributed by atoms with Crippen LogP contribution in [0.1, 0.15) is 5.01 Å². The summed E-state index contributed by atoms with van der Waals surface area (Å²) in [6.45, 7) is 0. The van der Waals surface area contributed by atoms with E-state index in [0.717, 1.165) is 21.5 Å². The summed E-state index contributed by atoms with van der Waals surface area (Å²) in [5, 5.41) is 0.768. The second-order valence-corrected chi connectivity index (χ2v) is 4.68. The number of allylic oxidation sites excluding steroid dienone is 1. The van der Waals surface area contributed by atoms with E-state index >= 15 is 0 Å². The maximum absolute atomic E-state index is 11.0. The average Bonchev–Trinajstić information content (AvgIpc) is 2.68. The fourth-order valence-corrected chi connectivity index (χ4v) is 2.35. The van der Waals surface area contributed by atoms with Crippen molar-refractivity contribution >= 4 is 33.4 Å². The van der Waals surface area contributed by atoms with Crippen LogP contribution in [0, 0.1) is 0 Å². The molecule has 0 unspecified atom stereocenters. The Hall–Kier alpha value is -1.68. The van der Waals surface area contributed by atoms with Crippen LogP contribution < -0.4 is 0 Å². The van der Waals surface area contributed by atoms with E-state index < -0.39 is 0 Å². The van der Waals surface area contributed by atoms with E-state index in [1.165, 1.54) is 11.3 Å². The van der Waals surface area contributed by atoms with Gasteiger partial charge in [-0.25, -0.2) is 4.98 Å². The number of carbonyl (C=O) groups is 1. The van der Waals surface area contributed by atoms with Crippen LogP contribution in [-0.4, -0.2) is 30.3 Å². The van der Waals surface area contributed by atoms with Crippen LogP contribution in [0.25, 0.3) is 15.8 Å². The van der Waals surface area contributed by atoms with Gasteiger partial charge >= 0.3 is 0 Å². The Bertz CT molecular complexity index is 510. The van der Waals surface area contributed by atoms with E-state index in [9.17, 15) is 4.79 Å². The number of para-hydroxylation sites is 1. The molecule has 0 fully saturated rings. The largest absolute Gasteiger partial charge is 0.383 e. The van der Waals surface area contributed by atoms with E-state index in [1.807, 2.05) is 43.3 Å². The van der Waals surface area contributed by atoms with Gasteiger partial charge in [-0.2, -0.15) is 0 Å². The molecule has 0 saturated heterocycles. The zero-order valence-electron chi connectivity index (χ0n) is 9.18. The van der Waals surface area contributed by atoms with Gasteiger partial charge in [0.1, 0.15) is 5.01 Å². The van der Waals surface area contributed by atoms with Crippen molar-refractivity contribution in [1.29, 1.82) is 0 Å². The SMILES string of the molecule is CN(C)C=C(C=O)c1nc2ccccc2s1. The molecule has 0 bridgehead atoms. The molecule has 2 rings (SSSR count). The summed E-state index contributed by atoms with van der Waals surface area (Å²) in [7, 11) is 3.77. The number of fused-ring (bicyclic) bond motifs is 1. The standard InChI is InChI=1S/C12H12N2OS/c1-14(2)7-9(8-15)12-13-10-5-3-4-6-11(10)16-12/h3-8H,1-2H3. The quantitative estimate of drug-likeness (QED) is 0.602. The van der Waals surface area contributed by atoms with Gasteiger partial charge in [0.25, 0.3) is 0 Å². The highest BCUT2D eigenvalue weighted by molar-refractivity contribution is 7.19. The molecule has 1 aromatic heterocycles. The molecule has 0 saturated carbocycles. The molecule has 0 aliphatic carbocycles. The maximum Gasteiger partial charge on any atom is 0.154 e. The molecular weight excluding hydrogens is 220 g/mol. The summed E-state index contributed by atoms with van der Waals surface area (Å²) < 4.78 is 1.10. The number of hydrogen-bond donors (Lipinski definition) is 0. The summed E-state index contributed by atoms with van der Waals surface area (Å²) >= 11 is 1.53. The second-order valence-electron chi connectivity index (χ2n) is 3.65. The molecule has 16 heavy (non-hydrogen) atoms. The van der Waals surface area contributed by atoms with Crippen LogP contribution in [0.5, 0.6) is 0 Å². The van der Waals surface area contributed by atoms with Gasteiger partial charge in [0.15, 0.2) is 6.29 Å². The minimum Gasteiger partial charge on any atom is -0.383 e. The van der Waals surface area contributed by atoms with Gasteiger partial charge in [0.05, 0.1) is 15.8 Å². The molecule has 4 heteroatoms. The Morgan fingerprint density at radius 1 is 1.38 bits per heavy atom. The molecule has 0 aliphatic rings. The summed E-state index contributed by atoms with van der Waals surface area (Å²) in [5.74, 6) is 0. The maximum atomic E-state index is 11.0. The number of hydrogen-bond acceptors (Lipinski definition) is 4. The van der Waals surface area contributed by atoms with Crippen LogP contribution in [0.3, 0.4) is 0 Å². The van der Waals surface area contributed by atoms with Gasteiger partial charge in [0.2, 0.25) is 0 Å². The smallest absolute Gasteiger partial charge is 0.154 e. The van der Waals surface area contributed by atoms with Crippen molar-refractivity contribution in [1.82, 2.24) is 9.88 Å². The third-order valence-corrected chi connectivity index (χ3v) is 3.15. The number of aromatic nitrogens is 1. The minimum absolute atomic E-state index is 0.617. The molecule has 0 spiro atoms. The first-order chi connectivity index (χ1) is 7.70. The van der Waals surface area contributed by atoms with Crippen LogP contribution in [0.2, 0.25) is 0 Å². The Labute approximate surface area is 98.0 Å². The second kappa shape index (κ2) is 4.45. The zero-order chi connectivity index (χ0) is 11.5. The lowest BCUT2D eigenvalue weighted by Crippen LogP contribution is -2.03. The Morgan fingerprint density at radius 2 is 2.12 bits per heavy atom. The van der Waals surface area contributed by atoms with E-state index in [-0.39, 0.29) is 0 Å². The molecule has 2 aromatic rings. The van der Waals surface area contributed by atoms with E-state index in [1.54, 1.807) is 6.20 Å². The third-order valence-electron chi connectivity index (χ3n) is 2.07. The molecule has 0 atom stereocenters. The van der Waals surface area contributed by atoms with Crippen LogP contribution in [-0.2, 0) is 4.79 Å². The predicted octanol–water partition coefficient (Wildman–Crippen LogP) is 2.40. The first-order valence-electron chi connectivity index (χ1n) is 4.90. The molecule has 0 N–H and O–H groups in total. The lowest BCUT2D eigenvalue weighted by Gasteiger charge is -2.04. The number of nitrogens with zero attached hydrogens (tertiary/aromatic N) is 2. The Kier molecular flexibility index (Phi) is 3.01. The van der Waals surface area contributed by atoms with Crippen molar-refractivity contribution in [2.45, 2.75) is 0 Å². The summed E-state index contributed by atoms with van der Waals surface area (Å²) in [6.07, 6.45) is 2.63. The number of rotatable bonds is 3. The van der Waals surface area contributed by atoms with Crippen molar-refractivity contribution in [2.24, 2.45) is 0 Å². The zero-order valence-corrected chi connectivity index (χ0v) is 9.99. The van der Waals surface area contributed by atoms with E-state index in [2.05, 4.69) is 4.98 Å². The molecule has 0 radical (unpaired) electrons. The molecule has 1 heterocycles. The summed E-state index contributed by atoms with van der Waals surface area (Å²) in [6, 6.07) is 7.88. The van der Waals surface area contributed by atoms with Gasteiger partial charge in [0, 0.05) is 20.3 Å². The Balaban J connectivity index is 2.50. The summed E-state index contributed by atoms with van der Waals surface area (Å²) in [4.78, 5) is 17.3. The topological polar surface area (TPSA) is 33.2 Å². The highest BCUT2D eigenvalue weighted by atomic mass is 32.1. The van der Waals surface area contributed by atoms with Crippen molar-refractivity contribution in [3.63, 3.8) is 0 Å². The van der Waals surface area contributed by atoms with E-state index in [4.69, 9.17) is 0 Å². The van der Waals surface area contributed by atoms with Crippen molar-refractivity contribution in [2.75, 3.05) is 14.1 Å². The van der Waals surface area contributed by atoms with E-state index in [0.29, 0.717) is 5.57 Å². The molecule has 0 amide bonds. The van der Waals surface area contributed by atoms with Gasteiger partial charge < -0.3 is 4.90 Å². The first-order valence-corrected chi connectivity index (χ1v) is 5.71. The van der Waals surface area contributed by atoms with Crippen molar-refractivity contribution < 1.29 is 4.79 Å². The summed E-state index contributed by atoms with van der Waals surface area (Å²) in [5.41, 5.74) is 1.56. The lowest BCUT2D eigenvalue weighted by atomic mass is 10.3. The highest BCUT2D eigenvalue weighted by Gasteiger charge is 2.07. The minimum atomic E-state index is 0.617. The van der Waals surface area contributed by atoms with Gasteiger partial charge in [-0.05, 0) is 12.1 Å². The highest BCUT2D eigenvalue weighted by Crippen LogP contribution is 2.25. The third kappa shape index (κ3) is 2.12. The molecule has 0 aliphatic heterocycles. The predicted molar refractivity (Wildman–Crippen MR) is 67.3 cm³/mol. The number of thiazole rings is 1. The average molecular weight is 232 g/mol. The van der Waals surface area contributed by atoms with Crippen molar-refractivity contribution in [3.8, 4) is 0 Å². The molecule has 3 nitrogen and oxygen atoms in total. The van der Waals surface area contributed by atoms with Crippen LogP contribution in [0.4, 0.5) is 0 Å². The van der Waals surface area contributed by atoms with Gasteiger partial charge in [-0.15, -0.1) is 11.3 Å². The lowest BCUT2D eigenvalue weighted by molar-refractivity contribution is -0.103. The van der Waals surface area contributed by atoms with Crippen LogP contribution >= 0.6 is 11.3 Å². The number of aldehydes is 1. The van der Waals surface area contributed by atoms with Gasteiger partial charge in [-0.1, -0.05) is 12.1 Å². The first kappa shape index (κ1) is 10.8. The van der Waals surface area contributed by atoms with Crippen LogP contribution in [0.15, 0.2) is 30.5 Å². The van der Waals surface area contributed by atoms with Gasteiger partial charge in [-0.3, -0.25) is 4.79 Å².